The molecule has 1 unspecified atom stereocenters. The zero-order valence-electron chi connectivity index (χ0n) is 11.8. The van der Waals surface area contributed by atoms with Crippen molar-refractivity contribution in [3.63, 3.8) is 0 Å². The maximum absolute atomic E-state index is 5.59. The van der Waals surface area contributed by atoms with E-state index in [0.29, 0.717) is 6.04 Å². The van der Waals surface area contributed by atoms with Crippen LogP contribution in [0.5, 0.6) is 11.5 Å². The normalized spacial score (nSPS) is 19.0. The first-order valence-electron chi connectivity index (χ1n) is 6.61. The molecule has 1 atom stereocenters. The van der Waals surface area contributed by atoms with Gasteiger partial charge in [0.05, 0.1) is 14.2 Å². The number of methoxy groups -OCH3 is 2. The molecule has 0 aromatic heterocycles. The van der Waals surface area contributed by atoms with Gasteiger partial charge in [0.25, 0.3) is 0 Å². The molecule has 1 aliphatic heterocycles. The Kier molecular flexibility index (Phi) is 4.12. The Morgan fingerprint density at radius 3 is 2.44 bits per heavy atom. The molecular weight excluding hydrogens is 226 g/mol. The summed E-state index contributed by atoms with van der Waals surface area (Å²) in [6, 6.07) is 2.76. The van der Waals surface area contributed by atoms with E-state index in [1.165, 1.54) is 24.0 Å². The first kappa shape index (κ1) is 13.2. The Balaban J connectivity index is 2.37. The first-order chi connectivity index (χ1) is 8.67. The van der Waals surface area contributed by atoms with Gasteiger partial charge in [0, 0.05) is 11.6 Å². The molecule has 0 amide bonds. The summed E-state index contributed by atoms with van der Waals surface area (Å²) in [6.07, 6.45) is 3.54. The van der Waals surface area contributed by atoms with Crippen LogP contribution in [0.2, 0.25) is 0 Å². The fourth-order valence-corrected chi connectivity index (χ4v) is 2.87. The Labute approximate surface area is 109 Å². The fourth-order valence-electron chi connectivity index (χ4n) is 2.87. The van der Waals surface area contributed by atoms with E-state index in [1.54, 1.807) is 14.2 Å². The van der Waals surface area contributed by atoms with E-state index in [0.717, 1.165) is 30.0 Å². The van der Waals surface area contributed by atoms with Gasteiger partial charge >= 0.3 is 0 Å². The minimum Gasteiger partial charge on any atom is -0.493 e. The summed E-state index contributed by atoms with van der Waals surface area (Å²) in [5, 5.41) is 3.54. The molecule has 1 saturated heterocycles. The average Bonchev–Trinajstić information content (AvgIpc) is 2.84. The van der Waals surface area contributed by atoms with Crippen LogP contribution in [0.15, 0.2) is 6.07 Å². The van der Waals surface area contributed by atoms with Crippen LogP contribution in [0, 0.1) is 13.8 Å². The van der Waals surface area contributed by atoms with Crippen LogP contribution < -0.4 is 14.8 Å². The molecule has 2 rings (SSSR count). The first-order valence-corrected chi connectivity index (χ1v) is 6.61. The van der Waals surface area contributed by atoms with Gasteiger partial charge in [-0.2, -0.15) is 0 Å². The van der Waals surface area contributed by atoms with Gasteiger partial charge in [-0.3, -0.25) is 0 Å². The van der Waals surface area contributed by atoms with Gasteiger partial charge in [0.15, 0.2) is 11.5 Å². The van der Waals surface area contributed by atoms with Crippen LogP contribution in [0.4, 0.5) is 0 Å². The summed E-state index contributed by atoms with van der Waals surface area (Å²) < 4.78 is 11.1. The number of aryl methyl sites for hydroxylation is 2. The van der Waals surface area contributed by atoms with E-state index in [9.17, 15) is 0 Å². The SMILES string of the molecule is COc1c(C)cc(C)c(CC2CCCN2)c1OC. The van der Waals surface area contributed by atoms with E-state index in [-0.39, 0.29) is 0 Å². The fraction of sp³-hybridized carbons (Fsp3) is 0.600. The van der Waals surface area contributed by atoms with E-state index in [1.807, 2.05) is 0 Å². The van der Waals surface area contributed by atoms with Gasteiger partial charge in [-0.05, 0) is 50.8 Å². The molecule has 1 aromatic carbocycles. The van der Waals surface area contributed by atoms with Crippen molar-refractivity contribution in [3.05, 3.63) is 22.8 Å². The van der Waals surface area contributed by atoms with Crippen molar-refractivity contribution in [2.75, 3.05) is 20.8 Å². The number of rotatable bonds is 4. The van der Waals surface area contributed by atoms with Crippen molar-refractivity contribution in [1.29, 1.82) is 0 Å². The predicted molar refractivity (Wildman–Crippen MR) is 73.7 cm³/mol. The van der Waals surface area contributed by atoms with Gasteiger partial charge in [-0.15, -0.1) is 0 Å². The second kappa shape index (κ2) is 5.61. The van der Waals surface area contributed by atoms with Crippen molar-refractivity contribution in [3.8, 4) is 11.5 Å². The third-order valence-electron chi connectivity index (χ3n) is 3.77. The Hall–Kier alpha value is -1.22. The van der Waals surface area contributed by atoms with E-state index in [4.69, 9.17) is 9.47 Å². The standard InChI is InChI=1S/C15H23NO2/c1-10-8-11(2)14(17-3)15(18-4)13(10)9-12-6-5-7-16-12/h8,12,16H,5-7,9H2,1-4H3. The summed E-state index contributed by atoms with van der Waals surface area (Å²) in [5.41, 5.74) is 3.70. The van der Waals surface area contributed by atoms with E-state index >= 15 is 0 Å². The zero-order valence-corrected chi connectivity index (χ0v) is 11.8. The zero-order chi connectivity index (χ0) is 13.1. The summed E-state index contributed by atoms with van der Waals surface area (Å²) in [7, 11) is 3.43. The van der Waals surface area contributed by atoms with Crippen LogP contribution in [0.25, 0.3) is 0 Å². The lowest BCUT2D eigenvalue weighted by Gasteiger charge is -2.20. The molecule has 18 heavy (non-hydrogen) atoms. The molecule has 3 heteroatoms. The van der Waals surface area contributed by atoms with Crippen molar-refractivity contribution in [1.82, 2.24) is 5.32 Å². The molecule has 0 aliphatic carbocycles. The Bertz CT molecular complexity index is 423. The van der Waals surface area contributed by atoms with Gasteiger partial charge < -0.3 is 14.8 Å². The molecule has 100 valence electrons. The third kappa shape index (κ3) is 2.46. The van der Waals surface area contributed by atoms with Crippen molar-refractivity contribution in [2.24, 2.45) is 0 Å². The lowest BCUT2D eigenvalue weighted by atomic mass is 9.96. The number of benzene rings is 1. The molecule has 1 aliphatic rings. The van der Waals surface area contributed by atoms with E-state index < -0.39 is 0 Å². The highest BCUT2D eigenvalue weighted by Gasteiger charge is 2.21. The number of nitrogens with one attached hydrogen (secondary N) is 1. The van der Waals surface area contributed by atoms with Gasteiger partial charge in [-0.25, -0.2) is 0 Å². The molecule has 1 fully saturated rings. The average molecular weight is 249 g/mol. The minimum absolute atomic E-state index is 0.574. The smallest absolute Gasteiger partial charge is 0.164 e. The van der Waals surface area contributed by atoms with Crippen LogP contribution in [-0.2, 0) is 6.42 Å². The van der Waals surface area contributed by atoms with Gasteiger partial charge in [-0.1, -0.05) is 6.07 Å². The molecule has 0 bridgehead atoms. The largest absolute Gasteiger partial charge is 0.493 e. The van der Waals surface area contributed by atoms with Crippen LogP contribution >= 0.6 is 0 Å². The topological polar surface area (TPSA) is 30.5 Å². The molecular formula is C15H23NO2. The molecule has 1 heterocycles. The highest BCUT2D eigenvalue weighted by Crippen LogP contribution is 2.37. The van der Waals surface area contributed by atoms with Crippen molar-refractivity contribution >= 4 is 0 Å². The predicted octanol–water partition coefficient (Wildman–Crippen LogP) is 2.62. The maximum Gasteiger partial charge on any atom is 0.164 e. The van der Waals surface area contributed by atoms with Crippen molar-refractivity contribution < 1.29 is 9.47 Å². The molecule has 1 aromatic rings. The molecule has 0 saturated carbocycles. The summed E-state index contributed by atoms with van der Waals surface area (Å²) >= 11 is 0. The van der Waals surface area contributed by atoms with E-state index in [2.05, 4.69) is 25.2 Å². The van der Waals surface area contributed by atoms with Crippen LogP contribution in [0.1, 0.15) is 29.5 Å². The second-order valence-electron chi connectivity index (χ2n) is 5.05. The lowest BCUT2D eigenvalue weighted by Crippen LogP contribution is -2.24. The highest BCUT2D eigenvalue weighted by atomic mass is 16.5. The quantitative estimate of drug-likeness (QED) is 0.889. The molecule has 0 spiro atoms. The Morgan fingerprint density at radius 1 is 1.17 bits per heavy atom. The van der Waals surface area contributed by atoms with Gasteiger partial charge in [0.1, 0.15) is 0 Å². The Morgan fingerprint density at radius 2 is 1.89 bits per heavy atom. The monoisotopic (exact) mass is 249 g/mol. The van der Waals surface area contributed by atoms with Crippen molar-refractivity contribution in [2.45, 2.75) is 39.2 Å². The lowest BCUT2D eigenvalue weighted by molar-refractivity contribution is 0.348. The maximum atomic E-state index is 5.59. The summed E-state index contributed by atoms with van der Waals surface area (Å²) in [6.45, 7) is 5.35. The number of hydrogen-bond acceptors (Lipinski definition) is 3. The third-order valence-corrected chi connectivity index (χ3v) is 3.77. The second-order valence-corrected chi connectivity index (χ2v) is 5.05. The summed E-state index contributed by atoms with van der Waals surface area (Å²) in [4.78, 5) is 0. The molecule has 0 radical (unpaired) electrons. The highest BCUT2D eigenvalue weighted by molar-refractivity contribution is 5.55. The molecule has 3 nitrogen and oxygen atoms in total. The van der Waals surface area contributed by atoms with Gasteiger partial charge in [0.2, 0.25) is 0 Å². The summed E-state index contributed by atoms with van der Waals surface area (Å²) in [5.74, 6) is 1.78. The number of hydrogen-bond donors (Lipinski definition) is 1. The van der Waals surface area contributed by atoms with Crippen LogP contribution in [-0.4, -0.2) is 26.8 Å². The van der Waals surface area contributed by atoms with Crippen LogP contribution in [0.3, 0.4) is 0 Å². The minimum atomic E-state index is 0.574. The molecule has 1 N–H and O–H groups in total. The number of ether oxygens (including phenoxy) is 2.